The summed E-state index contributed by atoms with van der Waals surface area (Å²) in [5, 5.41) is 12.5. The number of nitrogens with zero attached hydrogens (tertiary/aromatic N) is 1. The van der Waals surface area contributed by atoms with E-state index < -0.39 is 0 Å². The van der Waals surface area contributed by atoms with E-state index in [1.54, 1.807) is 11.5 Å². The SMILES string of the molecule is C=Cc1c(C)nc(Cl)c2scc(O)c12. The lowest BCUT2D eigenvalue weighted by Gasteiger charge is -2.03. The maximum Gasteiger partial charge on any atom is 0.147 e. The van der Waals surface area contributed by atoms with Gasteiger partial charge in [0.1, 0.15) is 10.9 Å². The maximum atomic E-state index is 9.65. The number of thiophene rings is 1. The third kappa shape index (κ3) is 1.21. The van der Waals surface area contributed by atoms with Crippen LogP contribution in [0.25, 0.3) is 16.2 Å². The van der Waals surface area contributed by atoms with Gasteiger partial charge in [0.15, 0.2) is 0 Å². The lowest BCUT2D eigenvalue weighted by Crippen LogP contribution is -1.87. The summed E-state index contributed by atoms with van der Waals surface area (Å²) in [6, 6.07) is 0. The van der Waals surface area contributed by atoms with Crippen LogP contribution >= 0.6 is 22.9 Å². The molecular weight excluding hydrogens is 218 g/mol. The van der Waals surface area contributed by atoms with Gasteiger partial charge in [0, 0.05) is 22.0 Å². The fourth-order valence-electron chi connectivity index (χ4n) is 1.45. The van der Waals surface area contributed by atoms with Gasteiger partial charge in [-0.1, -0.05) is 24.3 Å². The molecular formula is C10H8ClNOS. The first-order valence-corrected chi connectivity index (χ1v) is 5.29. The molecule has 2 aromatic heterocycles. The maximum absolute atomic E-state index is 9.65. The van der Waals surface area contributed by atoms with Crippen LogP contribution in [0.1, 0.15) is 11.3 Å². The van der Waals surface area contributed by atoms with Crippen molar-refractivity contribution in [1.82, 2.24) is 4.98 Å². The third-order valence-corrected chi connectivity index (χ3v) is 3.45. The normalized spacial score (nSPS) is 10.7. The highest BCUT2D eigenvalue weighted by molar-refractivity contribution is 7.18. The van der Waals surface area contributed by atoms with E-state index in [-0.39, 0.29) is 5.75 Å². The minimum Gasteiger partial charge on any atom is -0.506 e. The Morgan fingerprint density at radius 2 is 2.36 bits per heavy atom. The second-order valence-corrected chi connectivity index (χ2v) is 4.17. The molecule has 0 unspecified atom stereocenters. The second-order valence-electron chi connectivity index (χ2n) is 2.93. The van der Waals surface area contributed by atoms with E-state index in [1.807, 2.05) is 6.92 Å². The quantitative estimate of drug-likeness (QED) is 0.753. The fraction of sp³-hybridized carbons (Fsp3) is 0.100. The van der Waals surface area contributed by atoms with E-state index >= 15 is 0 Å². The molecule has 2 heterocycles. The molecule has 0 atom stereocenters. The van der Waals surface area contributed by atoms with Crippen molar-refractivity contribution in [2.45, 2.75) is 6.92 Å². The molecule has 0 aliphatic heterocycles. The lowest BCUT2D eigenvalue weighted by atomic mass is 10.1. The van der Waals surface area contributed by atoms with Gasteiger partial charge in [-0.2, -0.15) is 0 Å². The number of fused-ring (bicyclic) bond motifs is 1. The minimum absolute atomic E-state index is 0.243. The molecule has 0 saturated heterocycles. The number of pyridine rings is 1. The van der Waals surface area contributed by atoms with Gasteiger partial charge in [-0.15, -0.1) is 11.3 Å². The van der Waals surface area contributed by atoms with Crippen LogP contribution in [-0.4, -0.2) is 10.1 Å². The van der Waals surface area contributed by atoms with Gasteiger partial charge in [0.05, 0.1) is 4.70 Å². The zero-order valence-corrected chi connectivity index (χ0v) is 9.11. The van der Waals surface area contributed by atoms with Crippen LogP contribution in [0.5, 0.6) is 5.75 Å². The molecule has 0 amide bonds. The van der Waals surface area contributed by atoms with Crippen molar-refractivity contribution in [3.63, 3.8) is 0 Å². The highest BCUT2D eigenvalue weighted by Gasteiger charge is 2.13. The fourth-order valence-corrected chi connectivity index (χ4v) is 2.63. The van der Waals surface area contributed by atoms with Crippen molar-refractivity contribution >= 4 is 39.1 Å². The van der Waals surface area contributed by atoms with Crippen molar-refractivity contribution in [2.24, 2.45) is 0 Å². The highest BCUT2D eigenvalue weighted by Crippen LogP contribution is 2.38. The number of aromatic nitrogens is 1. The van der Waals surface area contributed by atoms with Gasteiger partial charge >= 0.3 is 0 Å². The van der Waals surface area contributed by atoms with E-state index in [2.05, 4.69) is 11.6 Å². The molecule has 1 N–H and O–H groups in total. The largest absolute Gasteiger partial charge is 0.506 e. The van der Waals surface area contributed by atoms with E-state index in [0.29, 0.717) is 5.15 Å². The molecule has 0 bridgehead atoms. The molecule has 0 fully saturated rings. The standard InChI is InChI=1S/C10H8ClNOS/c1-3-6-5(2)12-10(11)9-8(6)7(13)4-14-9/h3-4,13H,1H2,2H3. The molecule has 2 nitrogen and oxygen atoms in total. The monoisotopic (exact) mass is 225 g/mol. The number of rotatable bonds is 1. The summed E-state index contributed by atoms with van der Waals surface area (Å²) in [5.41, 5.74) is 1.63. The highest BCUT2D eigenvalue weighted by atomic mass is 35.5. The molecule has 0 aliphatic carbocycles. The summed E-state index contributed by atoms with van der Waals surface area (Å²) in [6.45, 7) is 5.55. The molecule has 0 saturated carbocycles. The molecule has 0 aromatic carbocycles. The lowest BCUT2D eigenvalue weighted by molar-refractivity contribution is 0.483. The zero-order chi connectivity index (χ0) is 10.3. The third-order valence-electron chi connectivity index (χ3n) is 2.09. The van der Waals surface area contributed by atoms with Gasteiger partial charge < -0.3 is 5.11 Å². The zero-order valence-electron chi connectivity index (χ0n) is 7.54. The minimum atomic E-state index is 0.243. The first kappa shape index (κ1) is 9.49. The number of hydrogen-bond acceptors (Lipinski definition) is 3. The van der Waals surface area contributed by atoms with E-state index in [1.165, 1.54) is 11.3 Å². The van der Waals surface area contributed by atoms with Gasteiger partial charge in [-0.25, -0.2) is 4.98 Å². The van der Waals surface area contributed by atoms with Crippen LogP contribution in [-0.2, 0) is 0 Å². The average Bonchev–Trinajstić information content (AvgIpc) is 2.50. The Morgan fingerprint density at radius 3 is 3.00 bits per heavy atom. The molecule has 0 spiro atoms. The van der Waals surface area contributed by atoms with Crippen molar-refractivity contribution in [3.8, 4) is 5.75 Å². The predicted molar refractivity (Wildman–Crippen MR) is 61.1 cm³/mol. The summed E-state index contributed by atoms with van der Waals surface area (Å²) in [7, 11) is 0. The molecule has 14 heavy (non-hydrogen) atoms. The van der Waals surface area contributed by atoms with Crippen LogP contribution in [0.4, 0.5) is 0 Å². The molecule has 72 valence electrons. The summed E-state index contributed by atoms with van der Waals surface area (Å²) in [4.78, 5) is 4.18. The first-order valence-electron chi connectivity index (χ1n) is 4.04. The summed E-state index contributed by atoms with van der Waals surface area (Å²) < 4.78 is 0.810. The molecule has 4 heteroatoms. The van der Waals surface area contributed by atoms with Gasteiger partial charge in [0.25, 0.3) is 0 Å². The second kappa shape index (κ2) is 3.26. The Kier molecular flexibility index (Phi) is 2.21. The average molecular weight is 226 g/mol. The topological polar surface area (TPSA) is 33.1 Å². The Hall–Kier alpha value is -1.06. The summed E-state index contributed by atoms with van der Waals surface area (Å²) in [5.74, 6) is 0.243. The van der Waals surface area contributed by atoms with Crippen molar-refractivity contribution in [2.75, 3.05) is 0 Å². The Bertz CT molecular complexity index is 518. The molecule has 0 radical (unpaired) electrons. The Balaban J connectivity index is 3.01. The van der Waals surface area contributed by atoms with Gasteiger partial charge in [-0.05, 0) is 6.92 Å². The van der Waals surface area contributed by atoms with Gasteiger partial charge in [-0.3, -0.25) is 0 Å². The smallest absolute Gasteiger partial charge is 0.147 e. The van der Waals surface area contributed by atoms with Crippen LogP contribution in [0.2, 0.25) is 5.15 Å². The van der Waals surface area contributed by atoms with Crippen molar-refractivity contribution in [3.05, 3.63) is 28.4 Å². The molecule has 0 aliphatic rings. The van der Waals surface area contributed by atoms with Gasteiger partial charge in [0.2, 0.25) is 0 Å². The summed E-state index contributed by atoms with van der Waals surface area (Å²) in [6.07, 6.45) is 1.69. The van der Waals surface area contributed by atoms with Crippen LogP contribution in [0.3, 0.4) is 0 Å². The molecule has 2 aromatic rings. The van der Waals surface area contributed by atoms with Crippen LogP contribution in [0.15, 0.2) is 12.0 Å². The number of aromatic hydroxyl groups is 1. The van der Waals surface area contributed by atoms with E-state index in [4.69, 9.17) is 11.6 Å². The summed E-state index contributed by atoms with van der Waals surface area (Å²) >= 11 is 7.35. The Labute approximate surface area is 90.5 Å². The van der Waals surface area contributed by atoms with Crippen LogP contribution < -0.4 is 0 Å². The predicted octanol–water partition coefficient (Wildman–Crippen LogP) is 3.61. The Morgan fingerprint density at radius 1 is 1.64 bits per heavy atom. The number of halogens is 1. The van der Waals surface area contributed by atoms with E-state index in [9.17, 15) is 5.11 Å². The van der Waals surface area contributed by atoms with Crippen molar-refractivity contribution < 1.29 is 5.11 Å². The number of hydrogen-bond donors (Lipinski definition) is 1. The van der Waals surface area contributed by atoms with Crippen LogP contribution in [0, 0.1) is 6.92 Å². The van der Waals surface area contributed by atoms with E-state index in [0.717, 1.165) is 21.3 Å². The molecule has 2 rings (SSSR count). The van der Waals surface area contributed by atoms with Crippen molar-refractivity contribution in [1.29, 1.82) is 0 Å². The first-order chi connectivity index (χ1) is 6.65. The number of aryl methyl sites for hydroxylation is 1.